The maximum atomic E-state index is 12.7. The predicted molar refractivity (Wildman–Crippen MR) is 102 cm³/mol. The fourth-order valence-electron chi connectivity index (χ4n) is 2.53. The second-order valence-corrected chi connectivity index (χ2v) is 6.95. The molecule has 136 valence electrons. The van der Waals surface area contributed by atoms with Crippen molar-refractivity contribution in [2.24, 2.45) is 0 Å². The van der Waals surface area contributed by atoms with Crippen molar-refractivity contribution in [1.29, 1.82) is 0 Å². The number of imidazole rings is 1. The average molecular weight is 405 g/mol. The molecule has 1 amide bonds. The molecule has 0 spiro atoms. The first kappa shape index (κ1) is 17.6. The lowest BCUT2D eigenvalue weighted by Gasteiger charge is -2.02. The van der Waals surface area contributed by atoms with Crippen LogP contribution >= 0.6 is 22.9 Å². The highest BCUT2D eigenvalue weighted by atomic mass is 35.5. The fourth-order valence-corrected chi connectivity index (χ4v) is 3.37. The number of carbonyl (C=O) groups excluding carboxylic acids is 1. The number of aromatic amines is 1. The molecule has 2 aromatic carbocycles. The van der Waals surface area contributed by atoms with Crippen molar-refractivity contribution in [2.75, 3.05) is 5.32 Å². The lowest BCUT2D eigenvalue weighted by atomic mass is 10.2. The molecule has 4 rings (SSSR count). The van der Waals surface area contributed by atoms with Crippen molar-refractivity contribution < 1.29 is 13.6 Å². The summed E-state index contributed by atoms with van der Waals surface area (Å²) in [7, 11) is 0. The van der Waals surface area contributed by atoms with Crippen molar-refractivity contribution in [3.05, 3.63) is 64.3 Å². The van der Waals surface area contributed by atoms with Crippen LogP contribution in [0.1, 0.15) is 22.6 Å². The first-order valence-electron chi connectivity index (χ1n) is 7.80. The van der Waals surface area contributed by atoms with Crippen LogP contribution in [0.25, 0.3) is 22.3 Å². The van der Waals surface area contributed by atoms with E-state index >= 15 is 0 Å². The number of aromatic nitrogens is 3. The molecule has 0 atom stereocenters. The van der Waals surface area contributed by atoms with Crippen molar-refractivity contribution in [3.8, 4) is 11.3 Å². The van der Waals surface area contributed by atoms with Crippen LogP contribution in [-0.4, -0.2) is 20.9 Å². The van der Waals surface area contributed by atoms with Crippen LogP contribution in [0.5, 0.6) is 0 Å². The Kier molecular flexibility index (Phi) is 4.59. The van der Waals surface area contributed by atoms with Gasteiger partial charge < -0.3 is 4.98 Å². The van der Waals surface area contributed by atoms with Gasteiger partial charge in [0.05, 0.1) is 16.7 Å². The van der Waals surface area contributed by atoms with E-state index in [1.165, 1.54) is 29.5 Å². The fraction of sp³-hybridized carbons (Fsp3) is 0.0556. The Hall–Kier alpha value is -2.84. The van der Waals surface area contributed by atoms with Crippen LogP contribution in [0, 0.1) is 0 Å². The number of thiazole rings is 1. The second kappa shape index (κ2) is 7.05. The second-order valence-electron chi connectivity index (χ2n) is 5.65. The van der Waals surface area contributed by atoms with E-state index in [0.717, 1.165) is 11.3 Å². The molecule has 0 unspecified atom stereocenters. The van der Waals surface area contributed by atoms with E-state index in [9.17, 15) is 13.6 Å². The van der Waals surface area contributed by atoms with Crippen LogP contribution < -0.4 is 5.32 Å². The molecule has 2 aromatic heterocycles. The number of hydrogen-bond donors (Lipinski definition) is 2. The number of hydrogen-bond acceptors (Lipinski definition) is 4. The lowest BCUT2D eigenvalue weighted by molar-refractivity contribution is 0.102. The van der Waals surface area contributed by atoms with E-state index in [-0.39, 0.29) is 5.91 Å². The van der Waals surface area contributed by atoms with Gasteiger partial charge in [-0.25, -0.2) is 18.7 Å². The number of rotatable bonds is 4. The van der Waals surface area contributed by atoms with Crippen molar-refractivity contribution in [2.45, 2.75) is 6.43 Å². The largest absolute Gasteiger partial charge is 0.337 e. The van der Waals surface area contributed by atoms with Gasteiger partial charge >= 0.3 is 0 Å². The highest BCUT2D eigenvalue weighted by Crippen LogP contribution is 2.27. The molecule has 2 heterocycles. The Morgan fingerprint density at radius 1 is 1.15 bits per heavy atom. The van der Waals surface area contributed by atoms with Crippen molar-refractivity contribution in [1.82, 2.24) is 15.0 Å². The Balaban J connectivity index is 1.53. The summed E-state index contributed by atoms with van der Waals surface area (Å²) >= 11 is 7.17. The molecule has 2 N–H and O–H groups in total. The van der Waals surface area contributed by atoms with Gasteiger partial charge in [0.25, 0.3) is 12.3 Å². The Labute approximate surface area is 161 Å². The minimum Gasteiger partial charge on any atom is -0.337 e. The molecular weight excluding hydrogens is 394 g/mol. The van der Waals surface area contributed by atoms with Crippen molar-refractivity contribution in [3.63, 3.8) is 0 Å². The smallest absolute Gasteiger partial charge is 0.295 e. The van der Waals surface area contributed by atoms with Gasteiger partial charge in [-0.2, -0.15) is 0 Å². The number of carbonyl (C=O) groups is 1. The third-order valence-electron chi connectivity index (χ3n) is 3.83. The van der Waals surface area contributed by atoms with E-state index < -0.39 is 12.2 Å². The summed E-state index contributed by atoms with van der Waals surface area (Å²) in [5, 5.41) is 5.60. The number of nitrogens with zero attached hydrogens (tertiary/aromatic N) is 2. The monoisotopic (exact) mass is 404 g/mol. The van der Waals surface area contributed by atoms with Crippen LogP contribution in [0.15, 0.2) is 47.8 Å². The summed E-state index contributed by atoms with van der Waals surface area (Å²) in [6, 6.07) is 11.8. The minimum atomic E-state index is -2.70. The summed E-state index contributed by atoms with van der Waals surface area (Å²) in [5.41, 5.74) is 2.67. The summed E-state index contributed by atoms with van der Waals surface area (Å²) < 4.78 is 25.5. The molecule has 4 aromatic rings. The maximum absolute atomic E-state index is 12.7. The topological polar surface area (TPSA) is 70.7 Å². The molecule has 0 fully saturated rings. The number of fused-ring (bicyclic) bond motifs is 1. The van der Waals surface area contributed by atoms with E-state index in [1.54, 1.807) is 12.1 Å². The Morgan fingerprint density at radius 3 is 2.67 bits per heavy atom. The molecule has 27 heavy (non-hydrogen) atoms. The first-order chi connectivity index (χ1) is 13.0. The molecule has 0 aliphatic carbocycles. The van der Waals surface area contributed by atoms with Gasteiger partial charge in [0.15, 0.2) is 11.0 Å². The summed E-state index contributed by atoms with van der Waals surface area (Å²) in [6.07, 6.45) is -2.70. The molecule has 0 radical (unpaired) electrons. The van der Waals surface area contributed by atoms with E-state index in [0.29, 0.717) is 26.8 Å². The number of H-pyrrole nitrogens is 1. The van der Waals surface area contributed by atoms with Crippen LogP contribution in [-0.2, 0) is 0 Å². The average Bonchev–Trinajstić information content (AvgIpc) is 3.28. The summed E-state index contributed by atoms with van der Waals surface area (Å²) in [6.45, 7) is 0. The van der Waals surface area contributed by atoms with Gasteiger partial charge in [-0.05, 0) is 30.3 Å². The Morgan fingerprint density at radius 2 is 1.93 bits per heavy atom. The maximum Gasteiger partial charge on any atom is 0.295 e. The van der Waals surface area contributed by atoms with E-state index in [2.05, 4.69) is 20.3 Å². The number of anilines is 1. The summed E-state index contributed by atoms with van der Waals surface area (Å²) in [5.74, 6) is -0.808. The lowest BCUT2D eigenvalue weighted by Crippen LogP contribution is -2.11. The first-order valence-corrected chi connectivity index (χ1v) is 9.06. The molecule has 0 saturated heterocycles. The van der Waals surface area contributed by atoms with Gasteiger partial charge in [-0.3, -0.25) is 10.1 Å². The molecule has 9 heteroatoms. The molecule has 5 nitrogen and oxygen atoms in total. The predicted octanol–water partition coefficient (Wildman–Crippen LogP) is 5.53. The van der Waals surface area contributed by atoms with Gasteiger partial charge in [-0.1, -0.05) is 23.7 Å². The quantitative estimate of drug-likeness (QED) is 0.469. The number of amides is 1. The van der Waals surface area contributed by atoms with Crippen LogP contribution in [0.4, 0.5) is 13.9 Å². The van der Waals surface area contributed by atoms with Gasteiger partial charge in [0.1, 0.15) is 0 Å². The summed E-state index contributed by atoms with van der Waals surface area (Å²) in [4.78, 5) is 23.1. The number of alkyl halides is 2. The van der Waals surface area contributed by atoms with Crippen molar-refractivity contribution >= 4 is 45.0 Å². The van der Waals surface area contributed by atoms with Gasteiger partial charge in [0.2, 0.25) is 0 Å². The Bertz CT molecular complexity index is 1120. The molecule has 0 aliphatic heterocycles. The van der Waals surface area contributed by atoms with Gasteiger partial charge in [-0.15, -0.1) is 11.3 Å². The number of nitrogens with one attached hydrogen (secondary N) is 2. The third kappa shape index (κ3) is 3.67. The number of halogens is 3. The normalized spacial score (nSPS) is 11.3. The highest BCUT2D eigenvalue weighted by molar-refractivity contribution is 7.14. The van der Waals surface area contributed by atoms with Gasteiger partial charge in [0, 0.05) is 21.5 Å². The molecular formula is C18H11ClF2N4OS. The zero-order valence-corrected chi connectivity index (χ0v) is 15.1. The SMILES string of the molecule is O=C(Nc1nc(-c2ccc(Cl)cc2)cs1)c1ccc2nc(C(F)F)[nH]c2c1. The molecule has 0 aliphatic rings. The number of benzene rings is 2. The minimum absolute atomic E-state index is 0.315. The highest BCUT2D eigenvalue weighted by Gasteiger charge is 2.15. The van der Waals surface area contributed by atoms with Crippen LogP contribution in [0.2, 0.25) is 5.02 Å². The third-order valence-corrected chi connectivity index (χ3v) is 4.84. The zero-order chi connectivity index (χ0) is 19.0. The zero-order valence-electron chi connectivity index (χ0n) is 13.5. The van der Waals surface area contributed by atoms with E-state index in [1.807, 2.05) is 17.5 Å². The van der Waals surface area contributed by atoms with E-state index in [4.69, 9.17) is 11.6 Å². The standard InChI is InChI=1S/C18H11ClF2N4OS/c19-11-4-1-9(2-5-11)14-8-27-18(24-14)25-17(26)10-3-6-12-13(7-10)23-16(22-12)15(20)21/h1-8,15H,(H,22,23)(H,24,25,26). The molecule has 0 saturated carbocycles. The van der Waals surface area contributed by atoms with Crippen LogP contribution in [0.3, 0.4) is 0 Å². The molecule has 0 bridgehead atoms.